The van der Waals surface area contributed by atoms with Gasteiger partial charge in [-0.3, -0.25) is 0 Å². The van der Waals surface area contributed by atoms with Gasteiger partial charge in [-0.25, -0.2) is 0 Å². The average Bonchev–Trinajstić information content (AvgIpc) is 2.44. The summed E-state index contributed by atoms with van der Waals surface area (Å²) in [5, 5.41) is 0. The molecular weight excluding hydrogens is 268 g/mol. The Bertz CT molecular complexity index is 237. The highest BCUT2D eigenvalue weighted by Gasteiger charge is 2.44. The number of hydrogen-bond acceptors (Lipinski definition) is 3. The van der Waals surface area contributed by atoms with Crippen molar-refractivity contribution in [3.8, 4) is 0 Å². The van der Waals surface area contributed by atoms with Crippen molar-refractivity contribution < 1.29 is 13.3 Å². The van der Waals surface area contributed by atoms with Crippen LogP contribution in [0.4, 0.5) is 0 Å². The molecule has 0 aromatic heterocycles. The standard InChI is InChI=1S/C16H34O3Si/c1-8-12-13-20(17-14(5)9-2,18-15(6)10-3)19-16(7)11-4/h8,12,14-16H,9-11,13H2,1-7H3/b12-8+. The first kappa shape index (κ1) is 19.8. The van der Waals surface area contributed by atoms with Crippen LogP contribution in [0.5, 0.6) is 0 Å². The van der Waals surface area contributed by atoms with Gasteiger partial charge >= 0.3 is 8.80 Å². The highest BCUT2D eigenvalue weighted by Crippen LogP contribution is 2.25. The minimum Gasteiger partial charge on any atom is -0.370 e. The molecule has 120 valence electrons. The zero-order chi connectivity index (χ0) is 15.6. The Kier molecular flexibility index (Phi) is 10.5. The monoisotopic (exact) mass is 302 g/mol. The van der Waals surface area contributed by atoms with Crippen molar-refractivity contribution in [2.24, 2.45) is 0 Å². The molecule has 0 heterocycles. The second-order valence-electron chi connectivity index (χ2n) is 5.47. The molecule has 0 aromatic rings. The van der Waals surface area contributed by atoms with Gasteiger partial charge in [-0.05, 0) is 47.0 Å². The number of allylic oxidation sites excluding steroid dienone is 2. The Morgan fingerprint density at radius 1 is 0.800 bits per heavy atom. The van der Waals surface area contributed by atoms with Crippen LogP contribution in [0.25, 0.3) is 0 Å². The van der Waals surface area contributed by atoms with Gasteiger partial charge in [0.15, 0.2) is 0 Å². The van der Waals surface area contributed by atoms with Crippen molar-refractivity contribution in [1.29, 1.82) is 0 Å². The fourth-order valence-corrected chi connectivity index (χ4v) is 4.98. The Morgan fingerprint density at radius 3 is 1.40 bits per heavy atom. The van der Waals surface area contributed by atoms with Crippen LogP contribution in [0.15, 0.2) is 12.2 Å². The molecule has 0 fully saturated rings. The third-order valence-electron chi connectivity index (χ3n) is 3.47. The predicted octanol–water partition coefficient (Wildman–Crippen LogP) is 4.95. The first-order valence-corrected chi connectivity index (χ1v) is 10.0. The summed E-state index contributed by atoms with van der Waals surface area (Å²) >= 11 is 0. The van der Waals surface area contributed by atoms with Gasteiger partial charge in [0.25, 0.3) is 0 Å². The third-order valence-corrected chi connectivity index (χ3v) is 6.49. The lowest BCUT2D eigenvalue weighted by Crippen LogP contribution is -2.51. The van der Waals surface area contributed by atoms with Crippen LogP contribution in [-0.2, 0) is 13.3 Å². The molecule has 0 rings (SSSR count). The summed E-state index contributed by atoms with van der Waals surface area (Å²) in [6.45, 7) is 14.7. The van der Waals surface area contributed by atoms with Crippen LogP contribution in [0.2, 0.25) is 6.04 Å². The smallest absolute Gasteiger partial charge is 0.370 e. The summed E-state index contributed by atoms with van der Waals surface area (Å²) in [7, 11) is -2.66. The molecule has 0 saturated heterocycles. The Morgan fingerprint density at radius 2 is 1.15 bits per heavy atom. The quantitative estimate of drug-likeness (QED) is 0.399. The van der Waals surface area contributed by atoms with Crippen LogP contribution in [0.1, 0.15) is 67.7 Å². The van der Waals surface area contributed by atoms with Gasteiger partial charge in [-0.1, -0.05) is 32.9 Å². The van der Waals surface area contributed by atoms with Gasteiger partial charge in [0.1, 0.15) is 0 Å². The Hall–Kier alpha value is -0.163. The molecule has 0 aromatic carbocycles. The fraction of sp³-hybridized carbons (Fsp3) is 0.875. The van der Waals surface area contributed by atoms with Crippen LogP contribution in [-0.4, -0.2) is 27.1 Å². The van der Waals surface area contributed by atoms with E-state index in [1.165, 1.54) is 0 Å². The average molecular weight is 303 g/mol. The number of hydrogen-bond donors (Lipinski definition) is 0. The highest BCUT2D eigenvalue weighted by atomic mass is 28.4. The van der Waals surface area contributed by atoms with E-state index >= 15 is 0 Å². The molecule has 4 heteroatoms. The third kappa shape index (κ3) is 7.57. The first-order valence-electron chi connectivity index (χ1n) is 8.07. The van der Waals surface area contributed by atoms with Gasteiger partial charge in [0, 0.05) is 24.4 Å². The molecule has 0 aliphatic carbocycles. The summed E-state index contributed by atoms with van der Waals surface area (Å²) in [6, 6.07) is 0.753. The van der Waals surface area contributed by atoms with Crippen LogP contribution >= 0.6 is 0 Å². The second kappa shape index (κ2) is 10.5. The molecule has 0 amide bonds. The van der Waals surface area contributed by atoms with Gasteiger partial charge in [-0.2, -0.15) is 0 Å². The Balaban J connectivity index is 5.13. The van der Waals surface area contributed by atoms with E-state index in [9.17, 15) is 0 Å². The minimum atomic E-state index is -2.66. The first-order chi connectivity index (χ1) is 9.42. The van der Waals surface area contributed by atoms with E-state index in [1.54, 1.807) is 0 Å². The van der Waals surface area contributed by atoms with E-state index in [2.05, 4.69) is 47.6 Å². The van der Waals surface area contributed by atoms with Crippen LogP contribution in [0, 0.1) is 0 Å². The summed E-state index contributed by atoms with van der Waals surface area (Å²) in [6.07, 6.45) is 7.57. The summed E-state index contributed by atoms with van der Waals surface area (Å²) in [5.41, 5.74) is 0. The lowest BCUT2D eigenvalue weighted by atomic mass is 10.3. The highest BCUT2D eigenvalue weighted by molar-refractivity contribution is 6.61. The predicted molar refractivity (Wildman–Crippen MR) is 87.9 cm³/mol. The van der Waals surface area contributed by atoms with E-state index in [-0.39, 0.29) is 18.3 Å². The molecular formula is C16H34O3Si. The van der Waals surface area contributed by atoms with Crippen molar-refractivity contribution in [3.05, 3.63) is 12.2 Å². The fourth-order valence-electron chi connectivity index (χ4n) is 1.66. The summed E-state index contributed by atoms with van der Waals surface area (Å²) < 4.78 is 18.8. The zero-order valence-electron chi connectivity index (χ0n) is 14.4. The van der Waals surface area contributed by atoms with Gasteiger partial charge in [0.05, 0.1) is 0 Å². The lowest BCUT2D eigenvalue weighted by molar-refractivity contribution is -0.00858. The van der Waals surface area contributed by atoms with Crippen molar-refractivity contribution >= 4 is 8.80 Å². The van der Waals surface area contributed by atoms with Crippen LogP contribution in [0.3, 0.4) is 0 Å². The summed E-state index contributed by atoms with van der Waals surface area (Å²) in [4.78, 5) is 0. The molecule has 0 aliphatic rings. The topological polar surface area (TPSA) is 27.7 Å². The molecule has 3 nitrogen and oxygen atoms in total. The molecule has 3 unspecified atom stereocenters. The van der Waals surface area contributed by atoms with Crippen molar-refractivity contribution in [3.63, 3.8) is 0 Å². The van der Waals surface area contributed by atoms with E-state index in [0.717, 1.165) is 25.3 Å². The van der Waals surface area contributed by atoms with E-state index in [1.807, 2.05) is 13.0 Å². The largest absolute Gasteiger partial charge is 0.505 e. The minimum absolute atomic E-state index is 0.167. The molecule has 0 N–H and O–H groups in total. The van der Waals surface area contributed by atoms with Gasteiger partial charge in [-0.15, -0.1) is 0 Å². The van der Waals surface area contributed by atoms with E-state index < -0.39 is 8.80 Å². The zero-order valence-corrected chi connectivity index (χ0v) is 15.4. The SMILES string of the molecule is C/C=C/C[Si](OC(C)CC)(OC(C)CC)OC(C)CC. The molecule has 20 heavy (non-hydrogen) atoms. The van der Waals surface area contributed by atoms with E-state index in [4.69, 9.17) is 13.3 Å². The maximum absolute atomic E-state index is 6.28. The van der Waals surface area contributed by atoms with Crippen LogP contribution < -0.4 is 0 Å². The second-order valence-corrected chi connectivity index (χ2v) is 7.95. The molecule has 0 aliphatic heterocycles. The normalized spacial score (nSPS) is 19.8. The Labute approximate surface area is 127 Å². The molecule has 0 saturated carbocycles. The molecule has 0 radical (unpaired) electrons. The van der Waals surface area contributed by atoms with Crippen molar-refractivity contribution in [1.82, 2.24) is 0 Å². The molecule has 0 bridgehead atoms. The van der Waals surface area contributed by atoms with Gasteiger partial charge < -0.3 is 13.3 Å². The van der Waals surface area contributed by atoms with Crippen molar-refractivity contribution in [2.75, 3.05) is 0 Å². The maximum atomic E-state index is 6.28. The lowest BCUT2D eigenvalue weighted by Gasteiger charge is -2.35. The van der Waals surface area contributed by atoms with E-state index in [0.29, 0.717) is 0 Å². The van der Waals surface area contributed by atoms with Gasteiger partial charge in [0.2, 0.25) is 0 Å². The summed E-state index contributed by atoms with van der Waals surface area (Å²) in [5.74, 6) is 0. The number of rotatable bonds is 11. The van der Waals surface area contributed by atoms with Crippen molar-refractivity contribution in [2.45, 2.75) is 92.1 Å². The maximum Gasteiger partial charge on any atom is 0.505 e. The molecule has 3 atom stereocenters. The molecule has 0 spiro atoms.